The molecule has 30 heavy (non-hydrogen) atoms. The number of hydroxylamine groups is 1. The van der Waals surface area contributed by atoms with Gasteiger partial charge < -0.3 is 10.2 Å². The van der Waals surface area contributed by atoms with Crippen molar-refractivity contribution in [3.05, 3.63) is 89.5 Å². The van der Waals surface area contributed by atoms with Gasteiger partial charge in [0.1, 0.15) is 0 Å². The van der Waals surface area contributed by atoms with E-state index in [0.29, 0.717) is 27.9 Å². The molecule has 0 radical (unpaired) electrons. The Labute approximate surface area is 173 Å². The second-order valence-electron chi connectivity index (χ2n) is 6.84. The van der Waals surface area contributed by atoms with Crippen molar-refractivity contribution < 1.29 is 19.6 Å². The van der Waals surface area contributed by atoms with E-state index in [0.717, 1.165) is 5.56 Å². The smallest absolute Gasteiger partial charge is 0.274 e. The lowest BCUT2D eigenvalue weighted by Gasteiger charge is -2.14. The monoisotopic (exact) mass is 403 g/mol. The molecule has 0 aliphatic rings. The molecule has 0 saturated heterocycles. The van der Waals surface area contributed by atoms with Crippen LogP contribution in [0.25, 0.3) is 11.1 Å². The Balaban J connectivity index is 1.99. The second kappa shape index (κ2) is 9.02. The number of hydrogen-bond acceptors (Lipinski definition) is 4. The zero-order chi connectivity index (χ0) is 21.7. The second-order valence-corrected chi connectivity index (χ2v) is 6.84. The highest BCUT2D eigenvalue weighted by Crippen LogP contribution is 2.26. The molecule has 0 spiro atoms. The average Bonchev–Trinajstić information content (AvgIpc) is 2.78. The number of carbonyl (C=O) groups excluding carboxylic acids is 3. The van der Waals surface area contributed by atoms with E-state index in [2.05, 4.69) is 5.32 Å². The van der Waals surface area contributed by atoms with Gasteiger partial charge in [-0.2, -0.15) is 0 Å². The Kier molecular flexibility index (Phi) is 6.24. The summed E-state index contributed by atoms with van der Waals surface area (Å²) in [7, 11) is 3.30. The Bertz CT molecular complexity index is 1080. The molecular weight excluding hydrogens is 382 g/mol. The number of carbonyl (C=O) groups is 3. The standard InChI is InChI=1S/C23H21N3O4/c1-26(2)23(29)19-12-18(15-8-10-17(11-9-15)22(28)25-30)13-20(14-19)24-21(27)16-6-4-3-5-7-16/h3-14,30H,1-2H3,(H,24,27)(H,25,28). The van der Waals surface area contributed by atoms with Crippen molar-refractivity contribution in [1.29, 1.82) is 0 Å². The predicted molar refractivity (Wildman–Crippen MR) is 114 cm³/mol. The quantitative estimate of drug-likeness (QED) is 0.449. The molecule has 0 heterocycles. The molecular formula is C23H21N3O4. The fourth-order valence-corrected chi connectivity index (χ4v) is 2.92. The van der Waals surface area contributed by atoms with Crippen LogP contribution in [0.1, 0.15) is 31.1 Å². The third-order valence-corrected chi connectivity index (χ3v) is 4.46. The highest BCUT2D eigenvalue weighted by molar-refractivity contribution is 6.05. The summed E-state index contributed by atoms with van der Waals surface area (Å²) in [5, 5.41) is 11.6. The Morgan fingerprint density at radius 1 is 0.733 bits per heavy atom. The summed E-state index contributed by atoms with van der Waals surface area (Å²) in [6.45, 7) is 0. The normalized spacial score (nSPS) is 10.2. The molecule has 3 rings (SSSR count). The van der Waals surface area contributed by atoms with Crippen LogP contribution in [0.15, 0.2) is 72.8 Å². The van der Waals surface area contributed by atoms with Crippen LogP contribution in [0.4, 0.5) is 5.69 Å². The summed E-state index contributed by atoms with van der Waals surface area (Å²) in [6, 6.07) is 20.4. The third kappa shape index (κ3) is 4.71. The Hall–Kier alpha value is -3.97. The molecule has 0 atom stereocenters. The highest BCUT2D eigenvalue weighted by atomic mass is 16.5. The lowest BCUT2D eigenvalue weighted by molar-refractivity contribution is 0.0706. The first-order valence-corrected chi connectivity index (χ1v) is 9.17. The summed E-state index contributed by atoms with van der Waals surface area (Å²) >= 11 is 0. The van der Waals surface area contributed by atoms with Crippen LogP contribution in [-0.2, 0) is 0 Å². The van der Waals surface area contributed by atoms with Gasteiger partial charge in [0.15, 0.2) is 0 Å². The molecule has 0 saturated carbocycles. The highest BCUT2D eigenvalue weighted by Gasteiger charge is 2.14. The molecule has 0 aliphatic carbocycles. The van der Waals surface area contributed by atoms with E-state index in [1.54, 1.807) is 86.3 Å². The van der Waals surface area contributed by atoms with E-state index >= 15 is 0 Å². The number of hydrogen-bond donors (Lipinski definition) is 3. The first kappa shape index (κ1) is 20.8. The minimum Gasteiger partial charge on any atom is -0.345 e. The Morgan fingerprint density at radius 2 is 1.37 bits per heavy atom. The van der Waals surface area contributed by atoms with Gasteiger partial charge in [0.05, 0.1) is 0 Å². The maximum atomic E-state index is 12.6. The zero-order valence-corrected chi connectivity index (χ0v) is 16.5. The molecule has 0 aromatic heterocycles. The molecule has 3 aromatic carbocycles. The van der Waals surface area contributed by atoms with Crippen LogP contribution in [-0.4, -0.2) is 41.9 Å². The van der Waals surface area contributed by atoms with E-state index in [1.165, 1.54) is 4.90 Å². The molecule has 7 heteroatoms. The van der Waals surface area contributed by atoms with E-state index in [1.807, 2.05) is 6.07 Å². The van der Waals surface area contributed by atoms with Crippen LogP contribution < -0.4 is 10.8 Å². The number of nitrogens with one attached hydrogen (secondary N) is 2. The first-order chi connectivity index (χ1) is 14.4. The van der Waals surface area contributed by atoms with Crippen molar-refractivity contribution >= 4 is 23.4 Å². The van der Waals surface area contributed by atoms with Gasteiger partial charge in [0, 0.05) is 36.5 Å². The molecule has 0 fully saturated rings. The molecule has 7 nitrogen and oxygen atoms in total. The number of nitrogens with zero attached hydrogens (tertiary/aromatic N) is 1. The number of benzene rings is 3. The average molecular weight is 403 g/mol. The number of rotatable bonds is 5. The molecule has 3 amide bonds. The van der Waals surface area contributed by atoms with E-state index in [4.69, 9.17) is 5.21 Å². The number of anilines is 1. The Morgan fingerprint density at radius 3 is 1.97 bits per heavy atom. The minimum atomic E-state index is -0.617. The molecule has 0 unspecified atom stereocenters. The van der Waals surface area contributed by atoms with Crippen molar-refractivity contribution in [3.8, 4) is 11.1 Å². The van der Waals surface area contributed by atoms with Gasteiger partial charge in [0.25, 0.3) is 17.7 Å². The first-order valence-electron chi connectivity index (χ1n) is 9.17. The van der Waals surface area contributed by atoms with Crippen LogP contribution >= 0.6 is 0 Å². The van der Waals surface area contributed by atoms with Gasteiger partial charge in [-0.3, -0.25) is 19.6 Å². The number of amides is 3. The minimum absolute atomic E-state index is 0.205. The summed E-state index contributed by atoms with van der Waals surface area (Å²) in [6.07, 6.45) is 0. The molecule has 0 aliphatic heterocycles. The fourth-order valence-electron chi connectivity index (χ4n) is 2.92. The van der Waals surface area contributed by atoms with Crippen molar-refractivity contribution in [2.24, 2.45) is 0 Å². The van der Waals surface area contributed by atoms with Gasteiger partial charge >= 0.3 is 0 Å². The SMILES string of the molecule is CN(C)C(=O)c1cc(NC(=O)c2ccccc2)cc(-c2ccc(C(=O)NO)cc2)c1. The molecule has 3 N–H and O–H groups in total. The van der Waals surface area contributed by atoms with Gasteiger partial charge in [-0.1, -0.05) is 30.3 Å². The van der Waals surface area contributed by atoms with Crippen molar-refractivity contribution in [1.82, 2.24) is 10.4 Å². The molecule has 152 valence electrons. The molecule has 0 bridgehead atoms. The lowest BCUT2D eigenvalue weighted by atomic mass is 10.00. The summed E-state index contributed by atoms with van der Waals surface area (Å²) in [5.41, 5.74) is 4.71. The van der Waals surface area contributed by atoms with Crippen molar-refractivity contribution in [3.63, 3.8) is 0 Å². The van der Waals surface area contributed by atoms with E-state index in [-0.39, 0.29) is 11.8 Å². The largest absolute Gasteiger partial charge is 0.345 e. The van der Waals surface area contributed by atoms with Gasteiger partial charge in [-0.05, 0) is 53.6 Å². The topological polar surface area (TPSA) is 98.7 Å². The summed E-state index contributed by atoms with van der Waals surface area (Å²) in [5.74, 6) is -1.11. The van der Waals surface area contributed by atoms with Crippen LogP contribution in [0, 0.1) is 0 Å². The summed E-state index contributed by atoms with van der Waals surface area (Å²) in [4.78, 5) is 38.1. The van der Waals surface area contributed by atoms with Gasteiger partial charge in [-0.15, -0.1) is 0 Å². The van der Waals surface area contributed by atoms with E-state index in [9.17, 15) is 14.4 Å². The van der Waals surface area contributed by atoms with Crippen LogP contribution in [0.5, 0.6) is 0 Å². The third-order valence-electron chi connectivity index (χ3n) is 4.46. The predicted octanol–water partition coefficient (Wildman–Crippen LogP) is 3.43. The fraction of sp³-hybridized carbons (Fsp3) is 0.0870. The summed E-state index contributed by atoms with van der Waals surface area (Å²) < 4.78 is 0. The zero-order valence-electron chi connectivity index (χ0n) is 16.5. The maximum absolute atomic E-state index is 12.6. The lowest BCUT2D eigenvalue weighted by Crippen LogP contribution is -2.22. The van der Waals surface area contributed by atoms with Crippen molar-refractivity contribution in [2.45, 2.75) is 0 Å². The van der Waals surface area contributed by atoms with Crippen LogP contribution in [0.3, 0.4) is 0 Å². The van der Waals surface area contributed by atoms with Gasteiger partial charge in [-0.25, -0.2) is 5.48 Å². The van der Waals surface area contributed by atoms with Gasteiger partial charge in [0.2, 0.25) is 0 Å². The van der Waals surface area contributed by atoms with E-state index < -0.39 is 5.91 Å². The maximum Gasteiger partial charge on any atom is 0.274 e. The van der Waals surface area contributed by atoms with Crippen LogP contribution in [0.2, 0.25) is 0 Å². The molecule has 3 aromatic rings. The van der Waals surface area contributed by atoms with Crippen molar-refractivity contribution in [2.75, 3.05) is 19.4 Å².